The predicted molar refractivity (Wildman–Crippen MR) is 49.1 cm³/mol. The van der Waals surface area contributed by atoms with Crippen LogP contribution >= 0.6 is 0 Å². The number of rotatable bonds is 3. The van der Waals surface area contributed by atoms with Gasteiger partial charge in [-0.1, -0.05) is 0 Å². The largest absolute Gasteiger partial charge is 0.330 e. The molecular weight excluding hydrogens is 188 g/mol. The Morgan fingerprint density at radius 1 is 1.36 bits per heavy atom. The third-order valence-electron chi connectivity index (χ3n) is 1.84. The van der Waals surface area contributed by atoms with Crippen molar-refractivity contribution in [3.8, 4) is 0 Å². The number of carbonyl (C=O) groups is 1. The van der Waals surface area contributed by atoms with Crippen molar-refractivity contribution in [2.75, 3.05) is 6.54 Å². The van der Waals surface area contributed by atoms with E-state index in [1.807, 2.05) is 0 Å². The molecule has 1 aromatic carbocycles. The molecule has 0 radical (unpaired) electrons. The molecule has 2 N–H and O–H groups in total. The number of benzene rings is 1. The second-order valence-electron chi connectivity index (χ2n) is 3.07. The topological polar surface area (TPSA) is 43.1 Å². The second-order valence-corrected chi connectivity index (χ2v) is 3.07. The molecule has 14 heavy (non-hydrogen) atoms. The number of hydrogen-bond donors (Lipinski definition) is 1. The Bertz CT molecular complexity index is 340. The molecular formula is C10H11F2NO. The number of carbonyl (C=O) groups excluding carboxylic acids is 1. The number of Topliss-reactive ketones (excluding diaryl/α,β-unsaturated/α-hetero) is 1. The number of aryl methyl sites for hydroxylation is 1. The number of hydrogen-bond acceptors (Lipinski definition) is 2. The van der Waals surface area contributed by atoms with Crippen LogP contribution in [0.1, 0.15) is 22.3 Å². The third-order valence-corrected chi connectivity index (χ3v) is 1.84. The van der Waals surface area contributed by atoms with E-state index in [0.717, 1.165) is 12.1 Å². The van der Waals surface area contributed by atoms with Crippen LogP contribution in [0.2, 0.25) is 0 Å². The van der Waals surface area contributed by atoms with Gasteiger partial charge < -0.3 is 5.73 Å². The van der Waals surface area contributed by atoms with E-state index in [4.69, 9.17) is 5.73 Å². The minimum Gasteiger partial charge on any atom is -0.330 e. The van der Waals surface area contributed by atoms with Crippen molar-refractivity contribution >= 4 is 5.78 Å². The van der Waals surface area contributed by atoms with Crippen molar-refractivity contribution in [3.63, 3.8) is 0 Å². The number of halogens is 2. The molecule has 4 heteroatoms. The first-order valence-corrected chi connectivity index (χ1v) is 4.25. The maximum Gasteiger partial charge on any atom is 0.170 e. The van der Waals surface area contributed by atoms with E-state index >= 15 is 0 Å². The quantitative estimate of drug-likeness (QED) is 0.754. The number of nitrogens with two attached hydrogens (primary N) is 1. The van der Waals surface area contributed by atoms with Gasteiger partial charge in [0, 0.05) is 6.42 Å². The lowest BCUT2D eigenvalue weighted by Gasteiger charge is -2.04. The Kier molecular flexibility index (Phi) is 3.30. The zero-order valence-electron chi connectivity index (χ0n) is 7.81. The zero-order valence-corrected chi connectivity index (χ0v) is 7.81. The van der Waals surface area contributed by atoms with Crippen LogP contribution in [0.15, 0.2) is 12.1 Å². The Hall–Kier alpha value is -1.29. The summed E-state index contributed by atoms with van der Waals surface area (Å²) in [7, 11) is 0. The molecule has 0 aliphatic rings. The molecule has 2 nitrogen and oxygen atoms in total. The number of ketones is 1. The summed E-state index contributed by atoms with van der Waals surface area (Å²) in [6.45, 7) is 1.65. The normalized spacial score (nSPS) is 10.3. The summed E-state index contributed by atoms with van der Waals surface area (Å²) < 4.78 is 26.4. The maximum atomic E-state index is 13.2. The zero-order chi connectivity index (χ0) is 10.7. The molecule has 0 heterocycles. The molecule has 0 saturated heterocycles. The summed E-state index contributed by atoms with van der Waals surface area (Å²) in [6, 6.07) is 2.26. The lowest BCUT2D eigenvalue weighted by molar-refractivity contribution is 0.0977. The monoisotopic (exact) mass is 199 g/mol. The van der Waals surface area contributed by atoms with Gasteiger partial charge in [-0.05, 0) is 31.2 Å². The standard InChI is InChI=1S/C10H11F2NO/c1-6-4-7(11)10(8(12)5-6)9(14)2-3-13/h4-5H,2-3,13H2,1H3. The molecule has 0 aliphatic carbocycles. The highest BCUT2D eigenvalue weighted by Gasteiger charge is 2.16. The van der Waals surface area contributed by atoms with Gasteiger partial charge >= 0.3 is 0 Å². The summed E-state index contributed by atoms with van der Waals surface area (Å²) in [5, 5.41) is 0. The van der Waals surface area contributed by atoms with Crippen LogP contribution in [-0.4, -0.2) is 12.3 Å². The highest BCUT2D eigenvalue weighted by atomic mass is 19.1. The van der Waals surface area contributed by atoms with Gasteiger partial charge in [0.2, 0.25) is 0 Å². The van der Waals surface area contributed by atoms with Crippen molar-refractivity contribution in [1.82, 2.24) is 0 Å². The van der Waals surface area contributed by atoms with Gasteiger partial charge in [0.1, 0.15) is 11.6 Å². The SMILES string of the molecule is Cc1cc(F)c(C(=O)CCN)c(F)c1. The van der Waals surface area contributed by atoms with Crippen LogP contribution in [0.25, 0.3) is 0 Å². The molecule has 1 rings (SSSR count). The summed E-state index contributed by atoms with van der Waals surface area (Å²) >= 11 is 0. The fourth-order valence-electron chi connectivity index (χ4n) is 1.22. The first kappa shape index (κ1) is 10.8. The molecule has 0 unspecified atom stereocenters. The molecule has 0 bridgehead atoms. The van der Waals surface area contributed by atoms with E-state index < -0.39 is 23.0 Å². The molecule has 1 aromatic rings. The average molecular weight is 199 g/mol. The smallest absolute Gasteiger partial charge is 0.170 e. The van der Waals surface area contributed by atoms with E-state index in [9.17, 15) is 13.6 Å². The second kappa shape index (κ2) is 4.28. The van der Waals surface area contributed by atoms with Crippen molar-refractivity contribution < 1.29 is 13.6 Å². The summed E-state index contributed by atoms with van der Waals surface area (Å²) in [5.41, 5.74) is 5.09. The van der Waals surface area contributed by atoms with Gasteiger partial charge in [-0.3, -0.25) is 4.79 Å². The van der Waals surface area contributed by atoms with Gasteiger partial charge in [-0.2, -0.15) is 0 Å². The minimum absolute atomic E-state index is 0.0447. The molecule has 0 aliphatic heterocycles. The van der Waals surface area contributed by atoms with Crippen LogP contribution < -0.4 is 5.73 Å². The Balaban J connectivity index is 3.14. The van der Waals surface area contributed by atoms with Crippen LogP contribution in [0, 0.1) is 18.6 Å². The lowest BCUT2D eigenvalue weighted by atomic mass is 10.0. The van der Waals surface area contributed by atoms with Gasteiger partial charge in [0.05, 0.1) is 5.56 Å². The van der Waals surface area contributed by atoms with E-state index in [1.165, 1.54) is 0 Å². The fourth-order valence-corrected chi connectivity index (χ4v) is 1.22. The highest BCUT2D eigenvalue weighted by Crippen LogP contribution is 2.16. The van der Waals surface area contributed by atoms with Gasteiger partial charge in [-0.25, -0.2) is 8.78 Å². The Labute approximate surface area is 80.7 Å². The lowest BCUT2D eigenvalue weighted by Crippen LogP contribution is -2.12. The third kappa shape index (κ3) is 2.14. The molecule has 0 spiro atoms. The van der Waals surface area contributed by atoms with Crippen LogP contribution in [0.3, 0.4) is 0 Å². The first-order chi connectivity index (χ1) is 6.56. The maximum absolute atomic E-state index is 13.2. The Morgan fingerprint density at radius 2 is 1.86 bits per heavy atom. The first-order valence-electron chi connectivity index (χ1n) is 4.25. The predicted octanol–water partition coefficient (Wildman–Crippen LogP) is 1.80. The fraction of sp³-hybridized carbons (Fsp3) is 0.300. The highest BCUT2D eigenvalue weighted by molar-refractivity contribution is 5.96. The minimum atomic E-state index is -0.819. The van der Waals surface area contributed by atoms with Crippen LogP contribution in [0.5, 0.6) is 0 Å². The van der Waals surface area contributed by atoms with Crippen molar-refractivity contribution in [2.45, 2.75) is 13.3 Å². The summed E-state index contributed by atoms with van der Waals surface area (Å²) in [5.74, 6) is -2.23. The van der Waals surface area contributed by atoms with Crippen LogP contribution in [0.4, 0.5) is 8.78 Å². The van der Waals surface area contributed by atoms with Crippen molar-refractivity contribution in [1.29, 1.82) is 0 Å². The molecule has 0 saturated carbocycles. The molecule has 0 atom stereocenters. The summed E-state index contributed by atoms with van der Waals surface area (Å²) in [6.07, 6.45) is -0.0447. The van der Waals surface area contributed by atoms with E-state index in [-0.39, 0.29) is 13.0 Å². The van der Waals surface area contributed by atoms with Gasteiger partial charge in [0.25, 0.3) is 0 Å². The van der Waals surface area contributed by atoms with E-state index in [1.54, 1.807) is 6.92 Å². The molecule has 0 aromatic heterocycles. The van der Waals surface area contributed by atoms with E-state index in [2.05, 4.69) is 0 Å². The average Bonchev–Trinajstić information content (AvgIpc) is 2.01. The van der Waals surface area contributed by atoms with Gasteiger partial charge in [0.15, 0.2) is 5.78 Å². The van der Waals surface area contributed by atoms with Gasteiger partial charge in [-0.15, -0.1) is 0 Å². The summed E-state index contributed by atoms with van der Waals surface area (Å²) in [4.78, 5) is 11.2. The molecule has 76 valence electrons. The van der Waals surface area contributed by atoms with E-state index in [0.29, 0.717) is 5.56 Å². The van der Waals surface area contributed by atoms with Crippen LogP contribution in [-0.2, 0) is 0 Å². The molecule has 0 amide bonds. The van der Waals surface area contributed by atoms with Crippen molar-refractivity contribution in [3.05, 3.63) is 34.9 Å². The Morgan fingerprint density at radius 3 is 2.29 bits per heavy atom. The molecule has 0 fully saturated rings. The van der Waals surface area contributed by atoms with Crippen molar-refractivity contribution in [2.24, 2.45) is 5.73 Å².